The van der Waals surface area contributed by atoms with Crippen molar-refractivity contribution in [2.24, 2.45) is 5.73 Å². The molecule has 3 N–H and O–H groups in total. The van der Waals surface area contributed by atoms with Crippen LogP contribution in [-0.2, 0) is 4.79 Å². The largest absolute Gasteiger partial charge is 0.484 e. The third-order valence-corrected chi connectivity index (χ3v) is 3.96. The number of carbonyl (C=O) groups is 1. The first kappa shape index (κ1) is 19.2. The highest BCUT2D eigenvalue weighted by atomic mass is 32.1. The van der Waals surface area contributed by atoms with Crippen LogP contribution in [-0.4, -0.2) is 17.5 Å². The van der Waals surface area contributed by atoms with E-state index in [2.05, 4.69) is 5.32 Å². The molecule has 6 heteroatoms. The van der Waals surface area contributed by atoms with Crippen LogP contribution in [0.25, 0.3) is 6.08 Å². The van der Waals surface area contributed by atoms with Gasteiger partial charge in [0, 0.05) is 5.69 Å². The van der Waals surface area contributed by atoms with Crippen molar-refractivity contribution in [1.82, 2.24) is 0 Å². The van der Waals surface area contributed by atoms with Crippen molar-refractivity contribution in [3.05, 3.63) is 64.7 Å². The van der Waals surface area contributed by atoms with E-state index in [1.54, 1.807) is 30.3 Å². The van der Waals surface area contributed by atoms with Gasteiger partial charge in [0.1, 0.15) is 16.8 Å². The molecule has 0 heterocycles. The van der Waals surface area contributed by atoms with Crippen molar-refractivity contribution >= 4 is 34.9 Å². The molecule has 0 radical (unpaired) electrons. The number of nitrogens with two attached hydrogens (primary N) is 1. The zero-order valence-corrected chi connectivity index (χ0v) is 15.4. The Bertz CT molecular complexity index is 896. The van der Waals surface area contributed by atoms with Crippen LogP contribution in [0.4, 0.5) is 5.69 Å². The summed E-state index contributed by atoms with van der Waals surface area (Å²) in [6, 6.07) is 14.6. The molecule has 5 nitrogen and oxygen atoms in total. The molecule has 2 aromatic carbocycles. The van der Waals surface area contributed by atoms with Gasteiger partial charge in [-0.1, -0.05) is 30.4 Å². The predicted molar refractivity (Wildman–Crippen MR) is 107 cm³/mol. The number of anilines is 1. The average molecular weight is 365 g/mol. The van der Waals surface area contributed by atoms with E-state index < -0.39 is 0 Å². The molecular formula is C20H19N3O2S. The van der Waals surface area contributed by atoms with Crippen molar-refractivity contribution in [2.45, 2.75) is 13.8 Å². The standard InChI is InChI=1S/C20H19N3O2S/c1-13-3-6-17(9-14(13)2)23-19(24)12-25-18-7-4-15(5-8-18)10-16(11-21)20(22)26/h3-10H,12H2,1-2H3,(H2,22,26)(H,23,24)/b16-10-. The number of amides is 1. The lowest BCUT2D eigenvalue weighted by Gasteiger charge is -2.09. The lowest BCUT2D eigenvalue weighted by Crippen LogP contribution is -2.20. The van der Waals surface area contributed by atoms with Gasteiger partial charge < -0.3 is 15.8 Å². The molecule has 0 atom stereocenters. The maximum Gasteiger partial charge on any atom is 0.262 e. The number of rotatable bonds is 6. The summed E-state index contributed by atoms with van der Waals surface area (Å²) in [6.45, 7) is 3.91. The SMILES string of the molecule is Cc1ccc(NC(=O)COc2ccc(/C=C(/C#N)C(N)=S)cc2)cc1C. The zero-order valence-electron chi connectivity index (χ0n) is 14.6. The van der Waals surface area contributed by atoms with Gasteiger partial charge in [0.25, 0.3) is 5.91 Å². The summed E-state index contributed by atoms with van der Waals surface area (Å²) in [5.41, 5.74) is 9.48. The van der Waals surface area contributed by atoms with Gasteiger partial charge in [0.05, 0.1) is 5.57 Å². The number of nitrogens with zero attached hydrogens (tertiary/aromatic N) is 1. The third kappa shape index (κ3) is 5.43. The van der Waals surface area contributed by atoms with E-state index in [-0.39, 0.29) is 23.1 Å². The second kappa shape index (κ2) is 8.79. The van der Waals surface area contributed by atoms with Crippen LogP contribution in [0.1, 0.15) is 16.7 Å². The molecule has 0 fully saturated rings. The molecule has 26 heavy (non-hydrogen) atoms. The van der Waals surface area contributed by atoms with Crippen molar-refractivity contribution in [2.75, 3.05) is 11.9 Å². The lowest BCUT2D eigenvalue weighted by molar-refractivity contribution is -0.118. The quantitative estimate of drug-likeness (QED) is 0.465. The molecule has 0 aliphatic heterocycles. The minimum absolute atomic E-state index is 0.0517. The highest BCUT2D eigenvalue weighted by Gasteiger charge is 2.05. The minimum Gasteiger partial charge on any atom is -0.484 e. The van der Waals surface area contributed by atoms with Crippen LogP contribution in [0.3, 0.4) is 0 Å². The Labute approximate surface area is 158 Å². The fraction of sp³-hybridized carbons (Fsp3) is 0.150. The van der Waals surface area contributed by atoms with Crippen molar-refractivity contribution < 1.29 is 9.53 Å². The second-order valence-electron chi connectivity index (χ2n) is 5.74. The monoisotopic (exact) mass is 365 g/mol. The van der Waals surface area contributed by atoms with E-state index >= 15 is 0 Å². The van der Waals surface area contributed by atoms with E-state index in [0.29, 0.717) is 5.75 Å². The number of aryl methyl sites for hydroxylation is 2. The Balaban J connectivity index is 1.93. The molecule has 2 rings (SSSR count). The Kier molecular flexibility index (Phi) is 6.48. The molecule has 0 spiro atoms. The van der Waals surface area contributed by atoms with Crippen LogP contribution in [0.5, 0.6) is 5.75 Å². The number of carbonyl (C=O) groups excluding carboxylic acids is 1. The maximum absolute atomic E-state index is 12.0. The Hall–Kier alpha value is -3.17. The first-order valence-corrected chi connectivity index (χ1v) is 8.31. The summed E-state index contributed by atoms with van der Waals surface area (Å²) in [5.74, 6) is 0.309. The average Bonchev–Trinajstić information content (AvgIpc) is 2.61. The van der Waals surface area contributed by atoms with Crippen molar-refractivity contribution in [3.63, 3.8) is 0 Å². The highest BCUT2D eigenvalue weighted by molar-refractivity contribution is 7.80. The number of benzene rings is 2. The molecule has 0 unspecified atom stereocenters. The fourth-order valence-electron chi connectivity index (χ4n) is 2.15. The number of nitrogens with one attached hydrogen (secondary N) is 1. The topological polar surface area (TPSA) is 88.1 Å². The Morgan fingerprint density at radius 3 is 2.50 bits per heavy atom. The number of nitriles is 1. The van der Waals surface area contributed by atoms with E-state index in [4.69, 9.17) is 28.0 Å². The van der Waals surface area contributed by atoms with Gasteiger partial charge in [-0.05, 0) is 60.9 Å². The van der Waals surface area contributed by atoms with Gasteiger partial charge in [0.15, 0.2) is 6.61 Å². The first-order chi connectivity index (χ1) is 12.4. The molecule has 0 saturated heterocycles. The zero-order chi connectivity index (χ0) is 19.1. The summed E-state index contributed by atoms with van der Waals surface area (Å²) in [7, 11) is 0. The fourth-order valence-corrected chi connectivity index (χ4v) is 2.26. The van der Waals surface area contributed by atoms with Gasteiger partial charge >= 0.3 is 0 Å². The van der Waals surface area contributed by atoms with E-state index in [0.717, 1.165) is 16.8 Å². The Morgan fingerprint density at radius 2 is 1.92 bits per heavy atom. The van der Waals surface area contributed by atoms with Crippen molar-refractivity contribution in [1.29, 1.82) is 5.26 Å². The molecule has 2 aromatic rings. The van der Waals surface area contributed by atoms with Crippen LogP contribution in [0, 0.1) is 25.2 Å². The predicted octanol–water partition coefficient (Wildman–Crippen LogP) is 3.51. The van der Waals surface area contributed by atoms with E-state index in [9.17, 15) is 4.79 Å². The summed E-state index contributed by atoms with van der Waals surface area (Å²) in [4.78, 5) is 12.1. The molecule has 132 valence electrons. The molecule has 1 amide bonds. The lowest BCUT2D eigenvalue weighted by atomic mass is 10.1. The second-order valence-corrected chi connectivity index (χ2v) is 6.18. The van der Waals surface area contributed by atoms with Gasteiger partial charge in [0.2, 0.25) is 0 Å². The highest BCUT2D eigenvalue weighted by Crippen LogP contribution is 2.16. The Morgan fingerprint density at radius 1 is 1.23 bits per heavy atom. The van der Waals surface area contributed by atoms with Gasteiger partial charge in [-0.3, -0.25) is 4.79 Å². The van der Waals surface area contributed by atoms with E-state index in [1.165, 1.54) is 5.56 Å². The number of hydrogen-bond donors (Lipinski definition) is 2. The third-order valence-electron chi connectivity index (χ3n) is 3.74. The first-order valence-electron chi connectivity index (χ1n) is 7.90. The summed E-state index contributed by atoms with van der Waals surface area (Å²) in [6.07, 6.45) is 1.60. The van der Waals surface area contributed by atoms with Gasteiger partial charge in [-0.2, -0.15) is 5.26 Å². The molecule has 0 saturated carbocycles. The van der Waals surface area contributed by atoms with Crippen LogP contribution in [0.2, 0.25) is 0 Å². The molecular weight excluding hydrogens is 346 g/mol. The maximum atomic E-state index is 12.0. The normalized spacial score (nSPS) is 10.7. The van der Waals surface area contributed by atoms with Crippen molar-refractivity contribution in [3.8, 4) is 11.8 Å². The van der Waals surface area contributed by atoms with E-state index in [1.807, 2.05) is 38.1 Å². The number of hydrogen-bond acceptors (Lipinski definition) is 4. The summed E-state index contributed by atoms with van der Waals surface area (Å²) < 4.78 is 5.48. The smallest absolute Gasteiger partial charge is 0.262 e. The number of ether oxygens (including phenoxy) is 1. The van der Waals surface area contributed by atoms with Crippen LogP contribution >= 0.6 is 12.2 Å². The molecule has 0 aromatic heterocycles. The number of thiocarbonyl (C=S) groups is 1. The van der Waals surface area contributed by atoms with Crippen LogP contribution in [0.15, 0.2) is 48.0 Å². The molecule has 0 bridgehead atoms. The van der Waals surface area contributed by atoms with Gasteiger partial charge in [-0.25, -0.2) is 0 Å². The molecule has 0 aliphatic rings. The molecule has 0 aliphatic carbocycles. The summed E-state index contributed by atoms with van der Waals surface area (Å²) >= 11 is 4.80. The minimum atomic E-state index is -0.238. The van der Waals surface area contributed by atoms with Gasteiger partial charge in [-0.15, -0.1) is 0 Å². The van der Waals surface area contributed by atoms with Crippen LogP contribution < -0.4 is 15.8 Å². The summed E-state index contributed by atoms with van der Waals surface area (Å²) in [5, 5.41) is 11.8.